The summed E-state index contributed by atoms with van der Waals surface area (Å²) in [6.07, 6.45) is 3.31. The first-order valence-corrected chi connectivity index (χ1v) is 13.1. The van der Waals surface area contributed by atoms with Crippen LogP contribution in [-0.2, 0) is 14.8 Å². The number of benzene rings is 1. The lowest BCUT2D eigenvalue weighted by Gasteiger charge is -2.22. The van der Waals surface area contributed by atoms with Crippen molar-refractivity contribution in [2.24, 2.45) is 0 Å². The Morgan fingerprint density at radius 3 is 2.41 bits per heavy atom. The van der Waals surface area contributed by atoms with Crippen LogP contribution < -0.4 is 20.3 Å². The molecule has 0 radical (unpaired) electrons. The van der Waals surface area contributed by atoms with Crippen LogP contribution in [0.4, 0.5) is 16.2 Å². The van der Waals surface area contributed by atoms with E-state index in [4.69, 9.17) is 4.74 Å². The molecule has 8 nitrogen and oxygen atoms in total. The van der Waals surface area contributed by atoms with E-state index >= 15 is 0 Å². The molecule has 3 N–H and O–H groups in total. The van der Waals surface area contributed by atoms with Crippen molar-refractivity contribution < 1.29 is 17.9 Å². The Bertz CT molecular complexity index is 819. The van der Waals surface area contributed by atoms with Crippen molar-refractivity contribution in [3.63, 3.8) is 0 Å². The number of nitrogens with zero attached hydrogens (tertiary/aromatic N) is 1. The number of nitrogens with one attached hydrogen (secondary N) is 3. The Morgan fingerprint density at radius 2 is 1.78 bits per heavy atom. The first-order valence-electron chi connectivity index (χ1n) is 11.5. The molecule has 1 aliphatic heterocycles. The molecule has 1 heterocycles. The number of anilines is 2. The number of carbonyl (C=O) groups is 1. The van der Waals surface area contributed by atoms with Crippen LogP contribution in [0.2, 0.25) is 0 Å². The Hall–Kier alpha value is -2.00. The Labute approximate surface area is 193 Å². The van der Waals surface area contributed by atoms with Gasteiger partial charge in [-0.1, -0.05) is 6.42 Å². The van der Waals surface area contributed by atoms with Crippen molar-refractivity contribution in [3.05, 3.63) is 24.3 Å². The molecule has 0 saturated carbocycles. The second-order valence-corrected chi connectivity index (χ2v) is 11.9. The molecule has 1 amide bonds. The lowest BCUT2D eigenvalue weighted by atomic mass is 10.2. The van der Waals surface area contributed by atoms with Crippen molar-refractivity contribution in [2.45, 2.75) is 77.2 Å². The zero-order valence-electron chi connectivity index (χ0n) is 20.1. The van der Waals surface area contributed by atoms with Crippen LogP contribution in [0, 0.1) is 0 Å². The summed E-state index contributed by atoms with van der Waals surface area (Å²) in [5.74, 6) is 0. The van der Waals surface area contributed by atoms with Crippen LogP contribution in [-0.4, -0.2) is 57.6 Å². The number of ether oxygens (including phenoxy) is 1. The minimum Gasteiger partial charge on any atom is -0.444 e. The van der Waals surface area contributed by atoms with Gasteiger partial charge in [0.2, 0.25) is 10.0 Å². The zero-order chi connectivity index (χ0) is 23.8. The van der Waals surface area contributed by atoms with Gasteiger partial charge in [0.15, 0.2) is 0 Å². The van der Waals surface area contributed by atoms with E-state index in [0.717, 1.165) is 56.7 Å². The van der Waals surface area contributed by atoms with Crippen molar-refractivity contribution in [1.29, 1.82) is 0 Å². The quantitative estimate of drug-likeness (QED) is 0.428. The van der Waals surface area contributed by atoms with Gasteiger partial charge in [-0.2, -0.15) is 0 Å². The molecule has 1 aromatic rings. The molecule has 2 rings (SSSR count). The summed E-state index contributed by atoms with van der Waals surface area (Å²) in [4.78, 5) is 14.2. The van der Waals surface area contributed by atoms with Crippen LogP contribution >= 0.6 is 0 Å². The number of hydrogen-bond acceptors (Lipinski definition) is 6. The lowest BCUT2D eigenvalue weighted by molar-refractivity contribution is 0.0509. The van der Waals surface area contributed by atoms with Crippen LogP contribution in [0.5, 0.6) is 0 Å². The van der Waals surface area contributed by atoms with Gasteiger partial charge < -0.3 is 20.3 Å². The maximum Gasteiger partial charge on any atom is 0.407 e. The van der Waals surface area contributed by atoms with Gasteiger partial charge in [-0.15, -0.1) is 0 Å². The van der Waals surface area contributed by atoms with E-state index in [9.17, 15) is 13.2 Å². The molecule has 1 unspecified atom stereocenters. The van der Waals surface area contributed by atoms with Gasteiger partial charge >= 0.3 is 6.09 Å². The van der Waals surface area contributed by atoms with Gasteiger partial charge in [0.05, 0.1) is 11.3 Å². The highest BCUT2D eigenvalue weighted by atomic mass is 32.2. The number of carbonyl (C=O) groups excluding carboxylic acids is 1. The van der Waals surface area contributed by atoms with Gasteiger partial charge in [0, 0.05) is 37.6 Å². The molecule has 9 heteroatoms. The lowest BCUT2D eigenvalue weighted by Crippen LogP contribution is -2.40. The normalized spacial score (nSPS) is 16.9. The number of alkyl carbamates (subject to hydrolysis) is 1. The predicted molar refractivity (Wildman–Crippen MR) is 131 cm³/mol. The largest absolute Gasteiger partial charge is 0.444 e. The molecule has 182 valence electrons. The third-order valence-electron chi connectivity index (χ3n) is 5.25. The molecule has 0 spiro atoms. The number of hydrogen-bond donors (Lipinski definition) is 3. The van der Waals surface area contributed by atoms with Crippen LogP contribution in [0.3, 0.4) is 0 Å². The van der Waals surface area contributed by atoms with E-state index in [0.29, 0.717) is 6.54 Å². The molecule has 32 heavy (non-hydrogen) atoms. The van der Waals surface area contributed by atoms with Crippen molar-refractivity contribution in [1.82, 2.24) is 10.0 Å². The van der Waals surface area contributed by atoms with Gasteiger partial charge in [-0.05, 0) is 78.1 Å². The second kappa shape index (κ2) is 11.7. The monoisotopic (exact) mass is 468 g/mol. The molecule has 1 atom stereocenters. The smallest absolute Gasteiger partial charge is 0.407 e. The van der Waals surface area contributed by atoms with Crippen LogP contribution in [0.25, 0.3) is 0 Å². The van der Waals surface area contributed by atoms with Gasteiger partial charge in [-0.3, -0.25) is 0 Å². The van der Waals surface area contributed by atoms with Crippen LogP contribution in [0.1, 0.15) is 60.3 Å². The SMILES string of the molecule is CC(C)S(=O)(=O)NCCCCCNc1ccc(N2CCC(NC(=O)OC(C)(C)C)C2)cc1. The zero-order valence-corrected chi connectivity index (χ0v) is 20.9. The third-order valence-corrected chi connectivity index (χ3v) is 7.10. The van der Waals surface area contributed by atoms with E-state index in [1.54, 1.807) is 13.8 Å². The Morgan fingerprint density at radius 1 is 1.12 bits per heavy atom. The molecule has 1 aromatic carbocycles. The molecule has 0 bridgehead atoms. The Balaban J connectivity index is 1.65. The molecule has 1 fully saturated rings. The van der Waals surface area contributed by atoms with Crippen molar-refractivity contribution in [3.8, 4) is 0 Å². The highest BCUT2D eigenvalue weighted by molar-refractivity contribution is 7.90. The fourth-order valence-corrected chi connectivity index (χ4v) is 4.18. The number of amides is 1. The highest BCUT2D eigenvalue weighted by Gasteiger charge is 2.26. The number of rotatable bonds is 11. The topological polar surface area (TPSA) is 99.8 Å². The molecular weight excluding hydrogens is 428 g/mol. The summed E-state index contributed by atoms with van der Waals surface area (Å²) < 4.78 is 31.4. The molecule has 1 aliphatic rings. The minimum absolute atomic E-state index is 0.0904. The number of unbranched alkanes of at least 4 members (excludes halogenated alkanes) is 2. The van der Waals surface area contributed by atoms with Gasteiger partial charge in [0.25, 0.3) is 0 Å². The Kier molecular flexibility index (Phi) is 9.64. The average molecular weight is 469 g/mol. The summed E-state index contributed by atoms with van der Waals surface area (Å²) in [5, 5.41) is 5.98. The summed E-state index contributed by atoms with van der Waals surface area (Å²) in [6, 6.07) is 8.42. The standard InChI is InChI=1S/C23H40N4O4S/c1-18(2)32(29,30)25-15-8-6-7-14-24-19-9-11-21(12-10-19)27-16-13-20(17-27)26-22(28)31-23(3,4)5/h9-12,18,20,24-25H,6-8,13-17H2,1-5H3,(H,26,28). The molecule has 1 saturated heterocycles. The molecule has 0 aromatic heterocycles. The van der Waals surface area contributed by atoms with Crippen LogP contribution in [0.15, 0.2) is 24.3 Å². The van der Waals surface area contributed by atoms with E-state index < -0.39 is 15.6 Å². The summed E-state index contributed by atoms with van der Waals surface area (Å²) >= 11 is 0. The van der Waals surface area contributed by atoms with Gasteiger partial charge in [-0.25, -0.2) is 17.9 Å². The first kappa shape index (κ1) is 26.3. The van der Waals surface area contributed by atoms with Crippen molar-refractivity contribution in [2.75, 3.05) is 36.4 Å². The first-order chi connectivity index (χ1) is 15.0. The summed E-state index contributed by atoms with van der Waals surface area (Å²) in [5.41, 5.74) is 1.72. The second-order valence-electron chi connectivity index (χ2n) is 9.60. The van der Waals surface area contributed by atoms with E-state index in [1.165, 1.54) is 0 Å². The maximum absolute atomic E-state index is 12.0. The molecular formula is C23H40N4O4S. The minimum atomic E-state index is -3.16. The average Bonchev–Trinajstić information content (AvgIpc) is 3.14. The summed E-state index contributed by atoms with van der Waals surface area (Å²) in [7, 11) is -3.16. The number of sulfonamides is 1. The fraction of sp³-hybridized carbons (Fsp3) is 0.696. The van der Waals surface area contributed by atoms with Gasteiger partial charge in [0.1, 0.15) is 5.60 Å². The maximum atomic E-state index is 12.0. The van der Waals surface area contributed by atoms with E-state index in [2.05, 4.69) is 44.5 Å². The van der Waals surface area contributed by atoms with E-state index in [-0.39, 0.29) is 17.4 Å². The van der Waals surface area contributed by atoms with E-state index in [1.807, 2.05) is 20.8 Å². The fourth-order valence-electron chi connectivity index (χ4n) is 3.42. The van der Waals surface area contributed by atoms with Crippen molar-refractivity contribution >= 4 is 27.5 Å². The molecule has 0 aliphatic carbocycles. The predicted octanol–water partition coefficient (Wildman–Crippen LogP) is 3.70. The third kappa shape index (κ3) is 9.24. The summed E-state index contributed by atoms with van der Waals surface area (Å²) in [6.45, 7) is 12.0. The highest BCUT2D eigenvalue weighted by Crippen LogP contribution is 2.23.